The van der Waals surface area contributed by atoms with Crippen molar-refractivity contribution < 1.29 is 23.5 Å². The predicted molar refractivity (Wildman–Crippen MR) is 99.1 cm³/mol. The van der Waals surface area contributed by atoms with E-state index in [0.717, 1.165) is 10.9 Å². The van der Waals surface area contributed by atoms with Crippen LogP contribution in [0.1, 0.15) is 12.5 Å². The predicted octanol–water partition coefficient (Wildman–Crippen LogP) is 3.04. The van der Waals surface area contributed by atoms with E-state index >= 15 is 0 Å². The molecule has 1 aromatic heterocycles. The highest BCUT2D eigenvalue weighted by atomic mass is 16.6. The smallest absolute Gasteiger partial charge is 0.349 e. The molecule has 0 atom stereocenters. The third kappa shape index (κ3) is 4.72. The number of ether oxygens (including phenoxy) is 2. The fraction of sp³-hybridized carbons (Fsp3) is 0.150. The highest BCUT2D eigenvalue weighted by Gasteiger charge is 2.09. The van der Waals surface area contributed by atoms with Crippen molar-refractivity contribution in [1.29, 1.82) is 0 Å². The minimum atomic E-state index is -0.616. The Morgan fingerprint density at radius 1 is 1.07 bits per heavy atom. The first-order chi connectivity index (χ1) is 12.9. The van der Waals surface area contributed by atoms with Gasteiger partial charge in [0.15, 0.2) is 6.61 Å². The second kappa shape index (κ2) is 7.74. The average Bonchev–Trinajstić information content (AvgIpc) is 2.59. The zero-order chi connectivity index (χ0) is 19.4. The van der Waals surface area contributed by atoms with Gasteiger partial charge in [0.25, 0.3) is 0 Å². The van der Waals surface area contributed by atoms with Crippen molar-refractivity contribution in [3.05, 3.63) is 64.5 Å². The number of carbonyl (C=O) groups excluding carboxylic acids is 2. The van der Waals surface area contributed by atoms with E-state index in [4.69, 9.17) is 13.9 Å². The standard InChI is InChI=1S/C20H17NO6/c1-12-8-19(23)27-18-10-16(6-7-17(12)18)26-20(24)11-25-15-5-3-4-14(9-15)21-13(2)22/h3-10H,11H2,1-2H3,(H,21,22). The van der Waals surface area contributed by atoms with Crippen molar-refractivity contribution >= 4 is 28.5 Å². The molecule has 0 saturated carbocycles. The maximum absolute atomic E-state index is 12.0. The van der Waals surface area contributed by atoms with Crippen LogP contribution in [0.2, 0.25) is 0 Å². The Balaban J connectivity index is 1.65. The van der Waals surface area contributed by atoms with Crippen LogP contribution in [0.3, 0.4) is 0 Å². The number of aryl methyl sites for hydroxylation is 1. The van der Waals surface area contributed by atoms with Gasteiger partial charge in [0.2, 0.25) is 5.91 Å². The SMILES string of the molecule is CC(=O)Nc1cccc(OCC(=O)Oc2ccc3c(C)cc(=O)oc3c2)c1. The quantitative estimate of drug-likeness (QED) is 0.423. The fourth-order valence-corrected chi connectivity index (χ4v) is 2.54. The summed E-state index contributed by atoms with van der Waals surface area (Å²) in [5.74, 6) is -0.158. The van der Waals surface area contributed by atoms with Gasteiger partial charge in [0.05, 0.1) is 0 Å². The van der Waals surface area contributed by atoms with Crippen LogP contribution in [0.25, 0.3) is 11.0 Å². The number of anilines is 1. The molecule has 7 heteroatoms. The molecule has 1 heterocycles. The Morgan fingerprint density at radius 2 is 1.89 bits per heavy atom. The van der Waals surface area contributed by atoms with Gasteiger partial charge in [-0.25, -0.2) is 9.59 Å². The Bertz CT molecular complexity index is 1070. The largest absolute Gasteiger partial charge is 0.482 e. The molecule has 3 rings (SSSR count). The van der Waals surface area contributed by atoms with Crippen LogP contribution < -0.4 is 20.4 Å². The number of benzene rings is 2. The Labute approximate surface area is 154 Å². The van der Waals surface area contributed by atoms with Crippen LogP contribution in [0.15, 0.2) is 57.7 Å². The Kier molecular flexibility index (Phi) is 5.21. The lowest BCUT2D eigenvalue weighted by molar-refractivity contribution is -0.136. The molecule has 0 saturated heterocycles. The molecule has 1 amide bonds. The van der Waals surface area contributed by atoms with E-state index in [1.165, 1.54) is 19.1 Å². The lowest BCUT2D eigenvalue weighted by atomic mass is 10.1. The maximum Gasteiger partial charge on any atom is 0.349 e. The summed E-state index contributed by atoms with van der Waals surface area (Å²) in [6.45, 7) is 2.88. The summed E-state index contributed by atoms with van der Waals surface area (Å²) in [4.78, 5) is 34.6. The van der Waals surface area contributed by atoms with Crippen LogP contribution in [-0.4, -0.2) is 18.5 Å². The first-order valence-corrected chi connectivity index (χ1v) is 8.16. The molecule has 1 N–H and O–H groups in total. The fourth-order valence-electron chi connectivity index (χ4n) is 2.54. The van der Waals surface area contributed by atoms with E-state index < -0.39 is 11.6 Å². The molecule has 3 aromatic rings. The number of rotatable bonds is 5. The highest BCUT2D eigenvalue weighted by Crippen LogP contribution is 2.22. The number of hydrogen-bond acceptors (Lipinski definition) is 6. The number of hydrogen-bond donors (Lipinski definition) is 1. The van der Waals surface area contributed by atoms with Crippen LogP contribution in [0.5, 0.6) is 11.5 Å². The summed E-state index contributed by atoms with van der Waals surface area (Å²) >= 11 is 0. The second-order valence-corrected chi connectivity index (χ2v) is 5.88. The summed E-state index contributed by atoms with van der Waals surface area (Å²) in [6, 6.07) is 12.9. The normalized spacial score (nSPS) is 10.4. The van der Waals surface area contributed by atoms with Crippen LogP contribution in [0.4, 0.5) is 5.69 Å². The highest BCUT2D eigenvalue weighted by molar-refractivity contribution is 5.88. The lowest BCUT2D eigenvalue weighted by Gasteiger charge is -2.09. The van der Waals surface area contributed by atoms with E-state index in [-0.39, 0.29) is 18.3 Å². The van der Waals surface area contributed by atoms with Crippen LogP contribution >= 0.6 is 0 Å². The summed E-state index contributed by atoms with van der Waals surface area (Å²) in [7, 11) is 0. The molecule has 0 radical (unpaired) electrons. The summed E-state index contributed by atoms with van der Waals surface area (Å²) in [5.41, 5.74) is 1.22. The molecular weight excluding hydrogens is 350 g/mol. The van der Waals surface area contributed by atoms with E-state index in [1.807, 2.05) is 0 Å². The lowest BCUT2D eigenvalue weighted by Crippen LogP contribution is -2.17. The summed E-state index contributed by atoms with van der Waals surface area (Å²) < 4.78 is 15.7. The number of nitrogens with one attached hydrogen (secondary N) is 1. The monoisotopic (exact) mass is 367 g/mol. The second-order valence-electron chi connectivity index (χ2n) is 5.88. The van der Waals surface area contributed by atoms with Gasteiger partial charge >= 0.3 is 11.6 Å². The number of amides is 1. The van der Waals surface area contributed by atoms with Crippen molar-refractivity contribution in [3.63, 3.8) is 0 Å². The minimum absolute atomic E-state index is 0.204. The van der Waals surface area contributed by atoms with Crippen molar-refractivity contribution in [2.45, 2.75) is 13.8 Å². The molecule has 7 nitrogen and oxygen atoms in total. The molecule has 138 valence electrons. The van der Waals surface area contributed by atoms with E-state index in [2.05, 4.69) is 5.32 Å². The molecule has 0 fully saturated rings. The van der Waals surface area contributed by atoms with Gasteiger partial charge in [-0.05, 0) is 36.8 Å². The first-order valence-electron chi connectivity index (χ1n) is 8.16. The van der Waals surface area contributed by atoms with Gasteiger partial charge in [0.1, 0.15) is 17.1 Å². The van der Waals surface area contributed by atoms with Gasteiger partial charge in [-0.15, -0.1) is 0 Å². The number of fused-ring (bicyclic) bond motifs is 1. The molecule has 0 aliphatic rings. The van der Waals surface area contributed by atoms with Crippen LogP contribution in [0, 0.1) is 6.92 Å². The zero-order valence-corrected chi connectivity index (χ0v) is 14.8. The summed E-state index contributed by atoms with van der Waals surface area (Å²) in [6.07, 6.45) is 0. The zero-order valence-electron chi connectivity index (χ0n) is 14.8. The topological polar surface area (TPSA) is 94.8 Å². The third-order valence-corrected chi connectivity index (χ3v) is 3.67. The molecule has 0 bridgehead atoms. The van der Waals surface area contributed by atoms with Gasteiger partial charge in [-0.1, -0.05) is 6.07 Å². The summed E-state index contributed by atoms with van der Waals surface area (Å²) in [5, 5.41) is 3.39. The molecule has 0 unspecified atom stereocenters. The average molecular weight is 367 g/mol. The third-order valence-electron chi connectivity index (χ3n) is 3.67. The molecule has 0 spiro atoms. The van der Waals surface area contributed by atoms with Gasteiger partial charge in [-0.2, -0.15) is 0 Å². The van der Waals surface area contributed by atoms with Crippen LogP contribution in [-0.2, 0) is 9.59 Å². The first kappa shape index (κ1) is 18.2. The molecular formula is C20H17NO6. The molecule has 0 aliphatic carbocycles. The molecule has 0 aliphatic heterocycles. The minimum Gasteiger partial charge on any atom is -0.482 e. The van der Waals surface area contributed by atoms with E-state index in [9.17, 15) is 14.4 Å². The Hall–Kier alpha value is -3.61. The van der Waals surface area contributed by atoms with Crippen molar-refractivity contribution in [3.8, 4) is 11.5 Å². The molecule has 27 heavy (non-hydrogen) atoms. The van der Waals surface area contributed by atoms with E-state index in [0.29, 0.717) is 17.0 Å². The number of esters is 1. The van der Waals surface area contributed by atoms with Gasteiger partial charge in [-0.3, -0.25) is 4.79 Å². The van der Waals surface area contributed by atoms with Crippen molar-refractivity contribution in [1.82, 2.24) is 0 Å². The van der Waals surface area contributed by atoms with Crippen molar-refractivity contribution in [2.75, 3.05) is 11.9 Å². The number of carbonyl (C=O) groups is 2. The van der Waals surface area contributed by atoms with Gasteiger partial charge < -0.3 is 19.2 Å². The van der Waals surface area contributed by atoms with Gasteiger partial charge in [0, 0.05) is 36.2 Å². The molecule has 2 aromatic carbocycles. The van der Waals surface area contributed by atoms with Crippen molar-refractivity contribution in [2.24, 2.45) is 0 Å². The van der Waals surface area contributed by atoms with E-state index in [1.54, 1.807) is 43.3 Å². The Morgan fingerprint density at radius 3 is 2.67 bits per heavy atom. The maximum atomic E-state index is 12.0.